The van der Waals surface area contributed by atoms with Crippen LogP contribution in [0.1, 0.15) is 29.8 Å². The largest absolute Gasteiger partial charge is 0.372 e. The molecule has 0 saturated carbocycles. The van der Waals surface area contributed by atoms with Crippen LogP contribution in [0.25, 0.3) is 0 Å². The van der Waals surface area contributed by atoms with Gasteiger partial charge in [-0.2, -0.15) is 0 Å². The molecule has 0 atom stereocenters. The highest BCUT2D eigenvalue weighted by atomic mass is 16.1. The second-order valence-corrected chi connectivity index (χ2v) is 6.77. The van der Waals surface area contributed by atoms with Gasteiger partial charge in [-0.25, -0.2) is 4.98 Å². The van der Waals surface area contributed by atoms with Crippen LogP contribution in [-0.4, -0.2) is 30.5 Å². The maximum absolute atomic E-state index is 12.5. The van der Waals surface area contributed by atoms with Crippen molar-refractivity contribution >= 4 is 23.1 Å². The summed E-state index contributed by atoms with van der Waals surface area (Å²) in [6.07, 6.45) is 2.46. The first-order chi connectivity index (χ1) is 14.2. The van der Waals surface area contributed by atoms with E-state index in [-0.39, 0.29) is 5.91 Å². The Morgan fingerprint density at radius 2 is 1.69 bits per heavy atom. The standard InChI is InChI=1S/C24H28N4O/c1-3-28(4-2)22-12-10-21(11-13-22)27-23-18-20(15-17-25-23)24(29)26-16-14-19-8-6-5-7-9-19/h5-13,15,17-18H,3-4,14,16H2,1-2H3,(H,25,27)(H,26,29). The second-order valence-electron chi connectivity index (χ2n) is 6.77. The second kappa shape index (κ2) is 10.3. The third-order valence-corrected chi connectivity index (χ3v) is 4.83. The van der Waals surface area contributed by atoms with Crippen LogP contribution in [0.3, 0.4) is 0 Å². The molecule has 150 valence electrons. The van der Waals surface area contributed by atoms with Crippen molar-refractivity contribution in [3.8, 4) is 0 Å². The first-order valence-electron chi connectivity index (χ1n) is 10.1. The summed E-state index contributed by atoms with van der Waals surface area (Å²) in [4.78, 5) is 19.1. The summed E-state index contributed by atoms with van der Waals surface area (Å²) in [5.41, 5.74) is 3.93. The van der Waals surface area contributed by atoms with Crippen molar-refractivity contribution in [3.63, 3.8) is 0 Å². The molecule has 0 saturated heterocycles. The number of hydrogen-bond acceptors (Lipinski definition) is 4. The van der Waals surface area contributed by atoms with Crippen molar-refractivity contribution in [2.24, 2.45) is 0 Å². The summed E-state index contributed by atoms with van der Waals surface area (Å²) in [6, 6.07) is 21.9. The van der Waals surface area contributed by atoms with E-state index in [1.165, 1.54) is 11.3 Å². The van der Waals surface area contributed by atoms with Crippen molar-refractivity contribution in [1.29, 1.82) is 0 Å². The van der Waals surface area contributed by atoms with Crippen molar-refractivity contribution < 1.29 is 4.79 Å². The van der Waals surface area contributed by atoms with E-state index in [1.54, 1.807) is 18.3 Å². The summed E-state index contributed by atoms with van der Waals surface area (Å²) >= 11 is 0. The van der Waals surface area contributed by atoms with Crippen molar-refractivity contribution in [2.45, 2.75) is 20.3 Å². The number of benzene rings is 2. The van der Waals surface area contributed by atoms with Gasteiger partial charge in [0, 0.05) is 42.8 Å². The first kappa shape index (κ1) is 20.4. The molecule has 1 heterocycles. The monoisotopic (exact) mass is 388 g/mol. The number of pyridine rings is 1. The lowest BCUT2D eigenvalue weighted by Gasteiger charge is -2.21. The van der Waals surface area contributed by atoms with E-state index < -0.39 is 0 Å². The fourth-order valence-electron chi connectivity index (χ4n) is 3.20. The van der Waals surface area contributed by atoms with Gasteiger partial charge in [0.05, 0.1) is 0 Å². The van der Waals surface area contributed by atoms with Gasteiger partial charge in [-0.05, 0) is 62.2 Å². The molecule has 5 nitrogen and oxygen atoms in total. The number of nitrogens with zero attached hydrogens (tertiary/aromatic N) is 2. The minimum atomic E-state index is -0.0942. The molecule has 2 aromatic carbocycles. The van der Waals surface area contributed by atoms with E-state index >= 15 is 0 Å². The molecule has 0 radical (unpaired) electrons. The Morgan fingerprint density at radius 3 is 2.38 bits per heavy atom. The number of aromatic nitrogens is 1. The Labute approximate surface area is 172 Å². The highest BCUT2D eigenvalue weighted by Crippen LogP contribution is 2.20. The first-order valence-corrected chi connectivity index (χ1v) is 10.1. The maximum atomic E-state index is 12.5. The molecule has 0 fully saturated rings. The molecule has 5 heteroatoms. The van der Waals surface area contributed by atoms with Crippen LogP contribution in [-0.2, 0) is 6.42 Å². The Kier molecular flexibility index (Phi) is 7.22. The molecular formula is C24H28N4O. The van der Waals surface area contributed by atoms with E-state index in [1.807, 2.05) is 30.3 Å². The fraction of sp³-hybridized carbons (Fsp3) is 0.250. The molecule has 29 heavy (non-hydrogen) atoms. The number of nitrogens with one attached hydrogen (secondary N) is 2. The van der Waals surface area contributed by atoms with Gasteiger partial charge in [0.2, 0.25) is 0 Å². The molecule has 3 rings (SSSR count). The van der Waals surface area contributed by atoms with Crippen molar-refractivity contribution in [1.82, 2.24) is 10.3 Å². The van der Waals surface area contributed by atoms with Gasteiger partial charge >= 0.3 is 0 Å². The lowest BCUT2D eigenvalue weighted by atomic mass is 10.1. The third-order valence-electron chi connectivity index (χ3n) is 4.83. The highest BCUT2D eigenvalue weighted by Gasteiger charge is 2.07. The lowest BCUT2D eigenvalue weighted by Crippen LogP contribution is -2.25. The molecule has 0 bridgehead atoms. The van der Waals surface area contributed by atoms with Gasteiger partial charge in [-0.1, -0.05) is 30.3 Å². The summed E-state index contributed by atoms with van der Waals surface area (Å²) in [5, 5.41) is 6.24. The van der Waals surface area contributed by atoms with E-state index in [0.717, 1.165) is 25.2 Å². The Balaban J connectivity index is 1.58. The molecule has 1 aromatic heterocycles. The molecule has 2 N–H and O–H groups in total. The summed E-state index contributed by atoms with van der Waals surface area (Å²) < 4.78 is 0. The average molecular weight is 389 g/mol. The number of amides is 1. The molecule has 0 aliphatic rings. The van der Waals surface area contributed by atoms with E-state index in [4.69, 9.17) is 0 Å². The van der Waals surface area contributed by atoms with Crippen LogP contribution >= 0.6 is 0 Å². The average Bonchev–Trinajstić information content (AvgIpc) is 2.76. The SMILES string of the molecule is CCN(CC)c1ccc(Nc2cc(C(=O)NCCc3ccccc3)ccn2)cc1. The normalized spacial score (nSPS) is 10.4. The van der Waals surface area contributed by atoms with Gasteiger partial charge in [0.1, 0.15) is 5.82 Å². The quantitative estimate of drug-likeness (QED) is 0.560. The number of hydrogen-bond donors (Lipinski definition) is 2. The molecule has 0 spiro atoms. The Hall–Kier alpha value is -3.34. The zero-order chi connectivity index (χ0) is 20.5. The molecule has 1 amide bonds. The third kappa shape index (κ3) is 5.82. The molecule has 0 unspecified atom stereocenters. The summed E-state index contributed by atoms with van der Waals surface area (Å²) in [5.74, 6) is 0.555. The number of carbonyl (C=O) groups excluding carboxylic acids is 1. The Morgan fingerprint density at radius 1 is 0.966 bits per heavy atom. The smallest absolute Gasteiger partial charge is 0.251 e. The van der Waals surface area contributed by atoms with Crippen LogP contribution in [0.4, 0.5) is 17.2 Å². The molecule has 0 aliphatic carbocycles. The molecule has 0 aliphatic heterocycles. The van der Waals surface area contributed by atoms with Gasteiger partial charge < -0.3 is 15.5 Å². The molecular weight excluding hydrogens is 360 g/mol. The maximum Gasteiger partial charge on any atom is 0.251 e. The fourth-order valence-corrected chi connectivity index (χ4v) is 3.20. The Bertz CT molecular complexity index is 906. The highest BCUT2D eigenvalue weighted by molar-refractivity contribution is 5.94. The van der Waals surface area contributed by atoms with E-state index in [2.05, 4.69) is 58.6 Å². The van der Waals surface area contributed by atoms with Crippen molar-refractivity contribution in [2.75, 3.05) is 29.9 Å². The molecule has 3 aromatic rings. The van der Waals surface area contributed by atoms with Gasteiger partial charge in [-0.3, -0.25) is 4.79 Å². The van der Waals surface area contributed by atoms with Crippen LogP contribution in [0, 0.1) is 0 Å². The van der Waals surface area contributed by atoms with Gasteiger partial charge in [0.15, 0.2) is 0 Å². The predicted octanol–water partition coefficient (Wildman–Crippen LogP) is 4.64. The summed E-state index contributed by atoms with van der Waals surface area (Å²) in [6.45, 7) is 6.85. The van der Waals surface area contributed by atoms with E-state index in [9.17, 15) is 4.79 Å². The van der Waals surface area contributed by atoms with Gasteiger partial charge in [0.25, 0.3) is 5.91 Å². The predicted molar refractivity (Wildman–Crippen MR) is 120 cm³/mol. The van der Waals surface area contributed by atoms with Crippen LogP contribution < -0.4 is 15.5 Å². The minimum Gasteiger partial charge on any atom is -0.372 e. The van der Waals surface area contributed by atoms with Crippen LogP contribution in [0.15, 0.2) is 72.9 Å². The summed E-state index contributed by atoms with van der Waals surface area (Å²) in [7, 11) is 0. The zero-order valence-corrected chi connectivity index (χ0v) is 17.1. The lowest BCUT2D eigenvalue weighted by molar-refractivity contribution is 0.0954. The topological polar surface area (TPSA) is 57.3 Å². The minimum absolute atomic E-state index is 0.0942. The number of carbonyl (C=O) groups is 1. The number of anilines is 3. The van der Waals surface area contributed by atoms with Crippen LogP contribution in [0.2, 0.25) is 0 Å². The number of rotatable bonds is 9. The van der Waals surface area contributed by atoms with Crippen molar-refractivity contribution in [3.05, 3.63) is 84.1 Å². The van der Waals surface area contributed by atoms with E-state index in [0.29, 0.717) is 17.9 Å². The van der Waals surface area contributed by atoms with Crippen LogP contribution in [0.5, 0.6) is 0 Å². The van der Waals surface area contributed by atoms with Gasteiger partial charge in [-0.15, -0.1) is 0 Å². The zero-order valence-electron chi connectivity index (χ0n) is 17.1.